The maximum atomic E-state index is 11.1. The molecular formula is C13H15NO5. The Bertz CT molecular complexity index is 522. The van der Waals surface area contributed by atoms with Gasteiger partial charge in [-0.1, -0.05) is 12.1 Å². The van der Waals surface area contributed by atoms with Crippen LogP contribution in [0.5, 0.6) is 5.75 Å². The molecule has 0 radical (unpaired) electrons. The number of methoxy groups -OCH3 is 1. The van der Waals surface area contributed by atoms with Crippen molar-refractivity contribution >= 4 is 11.7 Å². The van der Waals surface area contributed by atoms with Gasteiger partial charge < -0.3 is 9.47 Å². The van der Waals surface area contributed by atoms with Gasteiger partial charge in [-0.3, -0.25) is 10.1 Å². The van der Waals surface area contributed by atoms with E-state index in [9.17, 15) is 14.9 Å². The minimum Gasteiger partial charge on any atom is -0.483 e. The minimum absolute atomic E-state index is 0.0607. The fourth-order valence-corrected chi connectivity index (χ4v) is 1.48. The highest BCUT2D eigenvalue weighted by molar-refractivity contribution is 5.87. The average molecular weight is 265 g/mol. The SMILES string of the molecule is COC(=O)C(C)=CCOc1cccc(C)c1[N+](=O)[O-]. The molecule has 6 heteroatoms. The van der Waals surface area contributed by atoms with E-state index in [-0.39, 0.29) is 18.0 Å². The van der Waals surface area contributed by atoms with Gasteiger partial charge in [0, 0.05) is 11.1 Å². The van der Waals surface area contributed by atoms with Crippen LogP contribution in [0, 0.1) is 17.0 Å². The molecule has 0 saturated heterocycles. The number of aryl methyl sites for hydroxylation is 1. The van der Waals surface area contributed by atoms with Crippen LogP contribution in [0.15, 0.2) is 29.8 Å². The lowest BCUT2D eigenvalue weighted by Crippen LogP contribution is -2.05. The van der Waals surface area contributed by atoms with Crippen LogP contribution in [-0.2, 0) is 9.53 Å². The van der Waals surface area contributed by atoms with Crippen LogP contribution in [-0.4, -0.2) is 24.6 Å². The largest absolute Gasteiger partial charge is 0.483 e. The molecule has 102 valence electrons. The summed E-state index contributed by atoms with van der Waals surface area (Å²) >= 11 is 0. The first-order valence-corrected chi connectivity index (χ1v) is 5.59. The number of hydrogen-bond donors (Lipinski definition) is 0. The Kier molecular flexibility index (Phi) is 5.05. The van der Waals surface area contributed by atoms with E-state index >= 15 is 0 Å². The molecule has 0 aliphatic carbocycles. The molecule has 0 aliphatic rings. The van der Waals surface area contributed by atoms with E-state index in [1.165, 1.54) is 19.3 Å². The van der Waals surface area contributed by atoms with Gasteiger partial charge in [-0.15, -0.1) is 0 Å². The highest BCUT2D eigenvalue weighted by Gasteiger charge is 2.17. The molecule has 0 amide bonds. The lowest BCUT2D eigenvalue weighted by Gasteiger charge is -2.06. The van der Waals surface area contributed by atoms with Gasteiger partial charge >= 0.3 is 11.7 Å². The van der Waals surface area contributed by atoms with Crippen molar-refractivity contribution in [1.82, 2.24) is 0 Å². The number of nitro benzene ring substituents is 1. The third-order valence-corrected chi connectivity index (χ3v) is 2.52. The second-order valence-electron chi connectivity index (χ2n) is 3.87. The number of nitro groups is 1. The third-order valence-electron chi connectivity index (χ3n) is 2.52. The number of benzene rings is 1. The van der Waals surface area contributed by atoms with Gasteiger partial charge in [-0.05, 0) is 26.0 Å². The zero-order chi connectivity index (χ0) is 14.4. The molecule has 1 aromatic carbocycles. The Morgan fingerprint density at radius 3 is 2.74 bits per heavy atom. The second kappa shape index (κ2) is 6.53. The number of nitrogens with zero attached hydrogens (tertiary/aromatic N) is 1. The molecule has 0 bridgehead atoms. The predicted octanol–water partition coefficient (Wildman–Crippen LogP) is 2.40. The fraction of sp³-hybridized carbons (Fsp3) is 0.308. The summed E-state index contributed by atoms with van der Waals surface area (Å²) in [6, 6.07) is 4.83. The molecule has 0 aromatic heterocycles. The summed E-state index contributed by atoms with van der Waals surface area (Å²) in [6.45, 7) is 3.28. The van der Waals surface area contributed by atoms with Crippen molar-refractivity contribution in [2.75, 3.05) is 13.7 Å². The average Bonchev–Trinajstić information content (AvgIpc) is 2.37. The van der Waals surface area contributed by atoms with E-state index in [1.807, 2.05) is 0 Å². The van der Waals surface area contributed by atoms with Crippen molar-refractivity contribution in [1.29, 1.82) is 0 Å². The number of rotatable bonds is 5. The smallest absolute Gasteiger partial charge is 0.333 e. The molecule has 0 saturated carbocycles. The van der Waals surface area contributed by atoms with Crippen molar-refractivity contribution in [3.63, 3.8) is 0 Å². The van der Waals surface area contributed by atoms with E-state index < -0.39 is 10.9 Å². The molecule has 1 rings (SSSR count). The number of ether oxygens (including phenoxy) is 2. The summed E-state index contributed by atoms with van der Waals surface area (Å²) in [4.78, 5) is 21.6. The Morgan fingerprint density at radius 2 is 2.16 bits per heavy atom. The quantitative estimate of drug-likeness (QED) is 0.353. The molecule has 1 aromatic rings. The van der Waals surface area contributed by atoms with Crippen molar-refractivity contribution in [2.24, 2.45) is 0 Å². The van der Waals surface area contributed by atoms with E-state index in [1.54, 1.807) is 26.0 Å². The molecule has 0 fully saturated rings. The molecule has 0 heterocycles. The van der Waals surface area contributed by atoms with Crippen LogP contribution in [0.4, 0.5) is 5.69 Å². The zero-order valence-electron chi connectivity index (χ0n) is 11.0. The van der Waals surface area contributed by atoms with E-state index in [0.29, 0.717) is 11.1 Å². The maximum Gasteiger partial charge on any atom is 0.333 e. The number of carbonyl (C=O) groups excluding carboxylic acids is 1. The van der Waals surface area contributed by atoms with Gasteiger partial charge in [-0.25, -0.2) is 4.79 Å². The lowest BCUT2D eigenvalue weighted by atomic mass is 10.2. The zero-order valence-corrected chi connectivity index (χ0v) is 11.0. The number of para-hydroxylation sites is 1. The van der Waals surface area contributed by atoms with Gasteiger partial charge in [0.2, 0.25) is 0 Å². The lowest BCUT2D eigenvalue weighted by molar-refractivity contribution is -0.386. The highest BCUT2D eigenvalue weighted by atomic mass is 16.6. The monoisotopic (exact) mass is 265 g/mol. The Hall–Kier alpha value is -2.37. The topological polar surface area (TPSA) is 78.7 Å². The molecule has 0 unspecified atom stereocenters. The highest BCUT2D eigenvalue weighted by Crippen LogP contribution is 2.30. The summed E-state index contributed by atoms with van der Waals surface area (Å²) in [5.41, 5.74) is 0.848. The van der Waals surface area contributed by atoms with Crippen LogP contribution in [0.25, 0.3) is 0 Å². The van der Waals surface area contributed by atoms with Crippen LogP contribution in [0.1, 0.15) is 12.5 Å². The molecule has 0 aliphatic heterocycles. The molecule has 19 heavy (non-hydrogen) atoms. The van der Waals surface area contributed by atoms with Gasteiger partial charge in [-0.2, -0.15) is 0 Å². The van der Waals surface area contributed by atoms with Crippen LogP contribution < -0.4 is 4.74 Å². The number of esters is 1. The fourth-order valence-electron chi connectivity index (χ4n) is 1.48. The Balaban J connectivity index is 2.82. The minimum atomic E-state index is -0.485. The first-order chi connectivity index (χ1) is 8.97. The number of carbonyl (C=O) groups is 1. The standard InChI is InChI=1S/C13H15NO5/c1-9-5-4-6-11(12(9)14(16)17)19-8-7-10(2)13(15)18-3/h4-7H,8H2,1-3H3. The molecule has 0 atom stereocenters. The molecule has 6 nitrogen and oxygen atoms in total. The van der Waals surface area contributed by atoms with Crippen LogP contribution in [0.3, 0.4) is 0 Å². The van der Waals surface area contributed by atoms with Gasteiger partial charge in [0.15, 0.2) is 5.75 Å². The first kappa shape index (κ1) is 14.7. The maximum absolute atomic E-state index is 11.1. The third kappa shape index (κ3) is 3.80. The summed E-state index contributed by atoms with van der Waals surface area (Å²) in [5.74, 6) is -0.277. The molecule has 0 spiro atoms. The Morgan fingerprint density at radius 1 is 1.47 bits per heavy atom. The Labute approximate surface area is 110 Å². The number of hydrogen-bond acceptors (Lipinski definition) is 5. The van der Waals surface area contributed by atoms with Gasteiger partial charge in [0.25, 0.3) is 0 Å². The molecule has 0 N–H and O–H groups in total. The van der Waals surface area contributed by atoms with Crippen LogP contribution >= 0.6 is 0 Å². The van der Waals surface area contributed by atoms with Crippen molar-refractivity contribution < 1.29 is 19.2 Å². The normalized spacial score (nSPS) is 11.0. The summed E-state index contributed by atoms with van der Waals surface area (Å²) < 4.78 is 9.84. The van der Waals surface area contributed by atoms with Gasteiger partial charge in [0.05, 0.1) is 12.0 Å². The summed E-state index contributed by atoms with van der Waals surface area (Å²) in [5, 5.41) is 10.9. The summed E-state index contributed by atoms with van der Waals surface area (Å²) in [6.07, 6.45) is 1.51. The van der Waals surface area contributed by atoms with Crippen molar-refractivity contribution in [3.05, 3.63) is 45.5 Å². The van der Waals surface area contributed by atoms with Crippen molar-refractivity contribution in [2.45, 2.75) is 13.8 Å². The van der Waals surface area contributed by atoms with Crippen molar-refractivity contribution in [3.8, 4) is 5.75 Å². The second-order valence-corrected chi connectivity index (χ2v) is 3.87. The van der Waals surface area contributed by atoms with Crippen LogP contribution in [0.2, 0.25) is 0 Å². The van der Waals surface area contributed by atoms with E-state index in [4.69, 9.17) is 4.74 Å². The van der Waals surface area contributed by atoms with E-state index in [0.717, 1.165) is 0 Å². The van der Waals surface area contributed by atoms with E-state index in [2.05, 4.69) is 4.74 Å². The molecular weight excluding hydrogens is 250 g/mol. The predicted molar refractivity (Wildman–Crippen MR) is 69.1 cm³/mol. The van der Waals surface area contributed by atoms with Gasteiger partial charge in [0.1, 0.15) is 6.61 Å². The summed E-state index contributed by atoms with van der Waals surface area (Å²) in [7, 11) is 1.28. The first-order valence-electron chi connectivity index (χ1n) is 5.59.